The molecule has 0 heterocycles. The van der Waals surface area contributed by atoms with Crippen LogP contribution in [0.1, 0.15) is 85.5 Å². The zero-order valence-corrected chi connectivity index (χ0v) is 20.3. The summed E-state index contributed by atoms with van der Waals surface area (Å²) in [6.45, 7) is 16.8. The van der Waals surface area contributed by atoms with Crippen molar-refractivity contribution in [2.75, 3.05) is 0 Å². The van der Waals surface area contributed by atoms with Crippen molar-refractivity contribution in [3.63, 3.8) is 0 Å². The van der Waals surface area contributed by atoms with Crippen LogP contribution in [-0.4, -0.2) is 21.9 Å². The van der Waals surface area contributed by atoms with Crippen LogP contribution in [0.25, 0.3) is 0 Å². The van der Waals surface area contributed by atoms with Crippen LogP contribution in [0.5, 0.6) is 0 Å². The van der Waals surface area contributed by atoms with Gasteiger partial charge in [0.2, 0.25) is 0 Å². The van der Waals surface area contributed by atoms with E-state index in [1.807, 2.05) is 19.9 Å². The molecule has 2 nitrogen and oxygen atoms in total. The van der Waals surface area contributed by atoms with Gasteiger partial charge in [-0.3, -0.25) is 0 Å². The zero-order valence-electron chi connectivity index (χ0n) is 20.3. The van der Waals surface area contributed by atoms with Gasteiger partial charge < -0.3 is 10.2 Å². The molecule has 0 radical (unpaired) electrons. The van der Waals surface area contributed by atoms with E-state index in [0.717, 1.165) is 44.1 Å². The molecule has 172 valence electrons. The number of hydrogen-bond donors (Lipinski definition) is 2. The molecule has 1 unspecified atom stereocenters. The van der Waals surface area contributed by atoms with Gasteiger partial charge in [-0.2, -0.15) is 0 Å². The average molecular weight is 425 g/mol. The molecule has 0 aliphatic heterocycles. The second-order valence-electron chi connectivity index (χ2n) is 11.2. The first-order valence-corrected chi connectivity index (χ1v) is 12.4. The molecule has 5 atom stereocenters. The van der Waals surface area contributed by atoms with E-state index >= 15 is 0 Å². The Morgan fingerprint density at radius 2 is 2.06 bits per heavy atom. The number of aliphatic hydroxyl groups excluding tert-OH is 1. The summed E-state index contributed by atoms with van der Waals surface area (Å²) in [7, 11) is 0. The Hall–Kier alpha value is -1.38. The number of allylic oxidation sites excluding steroid dienone is 6. The van der Waals surface area contributed by atoms with Crippen LogP contribution in [0.3, 0.4) is 0 Å². The smallest absolute Gasteiger partial charge is 0.0792 e. The summed E-state index contributed by atoms with van der Waals surface area (Å²) in [5.41, 5.74) is 5.00. The molecule has 0 aromatic rings. The van der Waals surface area contributed by atoms with Crippen LogP contribution >= 0.6 is 0 Å². The standard InChI is InChI=1S/C29H44O2/c1-7-22-18-24(21(3)27(30)19-22)13-12-23-11-9-17-29(6)25(14-15-26(23)29)20(2)10-8-16-28(4,5)31/h7,12-14,20,22,26-27,30-31H,1,3,8-11,15-19H2,2,4-6H3/b23-12+,24-13-/t20-,22+,26?,27-,29+/m0/s1. The van der Waals surface area contributed by atoms with Crippen molar-refractivity contribution in [2.45, 2.75) is 97.2 Å². The average Bonchev–Trinajstić information content (AvgIpc) is 3.05. The molecule has 0 aromatic heterocycles. The molecular weight excluding hydrogens is 380 g/mol. The van der Waals surface area contributed by atoms with E-state index in [-0.39, 0.29) is 5.41 Å². The SMILES string of the molecule is C=C[C@@H]1C/C(=C/C=C2\CCC[C@]3(C)C([C@@H](C)CCCC(C)(C)O)=CCC23)C(=C)[C@@H](O)C1. The van der Waals surface area contributed by atoms with E-state index in [2.05, 4.69) is 45.2 Å². The summed E-state index contributed by atoms with van der Waals surface area (Å²) >= 11 is 0. The van der Waals surface area contributed by atoms with Crippen LogP contribution in [0.2, 0.25) is 0 Å². The van der Waals surface area contributed by atoms with Crippen LogP contribution in [0, 0.1) is 23.2 Å². The Kier molecular flexibility index (Phi) is 7.54. The lowest BCUT2D eigenvalue weighted by Crippen LogP contribution is -2.32. The Labute approximate surface area is 190 Å². The molecule has 0 saturated heterocycles. The van der Waals surface area contributed by atoms with Crippen molar-refractivity contribution in [3.8, 4) is 0 Å². The summed E-state index contributed by atoms with van der Waals surface area (Å²) in [5.74, 6) is 1.52. The predicted molar refractivity (Wildman–Crippen MR) is 132 cm³/mol. The van der Waals surface area contributed by atoms with Crippen molar-refractivity contribution < 1.29 is 10.2 Å². The summed E-state index contributed by atoms with van der Waals surface area (Å²) in [5, 5.41) is 20.4. The quantitative estimate of drug-likeness (QED) is 0.429. The fraction of sp³-hybridized carbons (Fsp3) is 0.655. The third-order valence-corrected chi connectivity index (χ3v) is 8.22. The van der Waals surface area contributed by atoms with Gasteiger partial charge in [0.25, 0.3) is 0 Å². The lowest BCUT2D eigenvalue weighted by Gasteiger charge is -2.42. The molecule has 3 rings (SSSR count). The van der Waals surface area contributed by atoms with Gasteiger partial charge >= 0.3 is 0 Å². The topological polar surface area (TPSA) is 40.5 Å². The lowest BCUT2D eigenvalue weighted by molar-refractivity contribution is 0.0670. The first kappa shape index (κ1) is 24.3. The highest BCUT2D eigenvalue weighted by Crippen LogP contribution is 2.57. The van der Waals surface area contributed by atoms with Crippen molar-refractivity contribution in [3.05, 3.63) is 59.8 Å². The van der Waals surface area contributed by atoms with Crippen molar-refractivity contribution in [2.24, 2.45) is 23.2 Å². The van der Waals surface area contributed by atoms with Gasteiger partial charge in [0.05, 0.1) is 11.7 Å². The fourth-order valence-corrected chi connectivity index (χ4v) is 6.31. The van der Waals surface area contributed by atoms with Gasteiger partial charge in [0.15, 0.2) is 0 Å². The Bertz CT molecular complexity index is 775. The first-order chi connectivity index (χ1) is 14.5. The normalized spacial score (nSPS) is 35.2. The van der Waals surface area contributed by atoms with Gasteiger partial charge in [-0.1, -0.05) is 62.3 Å². The molecule has 2 fully saturated rings. The minimum absolute atomic E-state index is 0.267. The highest BCUT2D eigenvalue weighted by Gasteiger charge is 2.45. The van der Waals surface area contributed by atoms with Crippen molar-refractivity contribution in [1.82, 2.24) is 0 Å². The monoisotopic (exact) mass is 424 g/mol. The molecule has 0 aromatic carbocycles. The van der Waals surface area contributed by atoms with E-state index in [4.69, 9.17) is 0 Å². The van der Waals surface area contributed by atoms with Gasteiger partial charge in [0, 0.05) is 0 Å². The van der Waals surface area contributed by atoms with Gasteiger partial charge in [0.1, 0.15) is 0 Å². The molecule has 0 bridgehead atoms. The highest BCUT2D eigenvalue weighted by atomic mass is 16.3. The van der Waals surface area contributed by atoms with Crippen molar-refractivity contribution >= 4 is 0 Å². The molecule has 3 aliphatic carbocycles. The predicted octanol–water partition coefficient (Wildman–Crippen LogP) is 7.07. The summed E-state index contributed by atoms with van der Waals surface area (Å²) in [6, 6.07) is 0. The summed E-state index contributed by atoms with van der Waals surface area (Å²) in [6.07, 6.45) is 18.3. The van der Waals surface area contributed by atoms with E-state index in [9.17, 15) is 10.2 Å². The molecule has 0 amide bonds. The van der Waals surface area contributed by atoms with Crippen LogP contribution in [-0.2, 0) is 0 Å². The van der Waals surface area contributed by atoms with Gasteiger partial charge in [-0.05, 0) is 99.5 Å². The maximum Gasteiger partial charge on any atom is 0.0792 e. The molecule has 0 spiro atoms. The maximum absolute atomic E-state index is 10.4. The van der Waals surface area contributed by atoms with Crippen LogP contribution < -0.4 is 0 Å². The molecule has 3 aliphatic rings. The van der Waals surface area contributed by atoms with Gasteiger partial charge in [-0.25, -0.2) is 0 Å². The Morgan fingerprint density at radius 1 is 1.32 bits per heavy atom. The summed E-state index contributed by atoms with van der Waals surface area (Å²) < 4.78 is 0. The molecule has 2 saturated carbocycles. The largest absolute Gasteiger partial charge is 0.390 e. The second-order valence-corrected chi connectivity index (χ2v) is 11.2. The molecule has 2 heteroatoms. The minimum atomic E-state index is -0.564. The third-order valence-electron chi connectivity index (χ3n) is 8.22. The van der Waals surface area contributed by atoms with E-state index in [1.165, 1.54) is 24.8 Å². The van der Waals surface area contributed by atoms with Crippen LogP contribution in [0.15, 0.2) is 59.8 Å². The Balaban J connectivity index is 1.72. The second kappa shape index (κ2) is 9.63. The Morgan fingerprint density at radius 3 is 2.74 bits per heavy atom. The third kappa shape index (κ3) is 5.52. The van der Waals surface area contributed by atoms with E-state index in [0.29, 0.717) is 17.8 Å². The molecule has 31 heavy (non-hydrogen) atoms. The van der Waals surface area contributed by atoms with E-state index in [1.54, 1.807) is 11.1 Å². The van der Waals surface area contributed by atoms with E-state index < -0.39 is 11.7 Å². The number of fused-ring (bicyclic) bond motifs is 1. The maximum atomic E-state index is 10.4. The first-order valence-electron chi connectivity index (χ1n) is 12.4. The molecule has 2 N–H and O–H groups in total. The number of aliphatic hydroxyl groups is 2. The number of rotatable bonds is 7. The minimum Gasteiger partial charge on any atom is -0.390 e. The van der Waals surface area contributed by atoms with Crippen LogP contribution in [0.4, 0.5) is 0 Å². The lowest BCUT2D eigenvalue weighted by atomic mass is 9.62. The fourth-order valence-electron chi connectivity index (χ4n) is 6.31. The molecular formula is C29H44O2. The van der Waals surface area contributed by atoms with Crippen molar-refractivity contribution in [1.29, 1.82) is 0 Å². The highest BCUT2D eigenvalue weighted by molar-refractivity contribution is 5.40. The number of hydrogen-bond acceptors (Lipinski definition) is 2. The zero-order chi connectivity index (χ0) is 22.8. The summed E-state index contributed by atoms with van der Waals surface area (Å²) in [4.78, 5) is 0. The van der Waals surface area contributed by atoms with Gasteiger partial charge in [-0.15, -0.1) is 6.58 Å².